The van der Waals surface area contributed by atoms with Gasteiger partial charge in [-0.25, -0.2) is 13.1 Å². The SMILES string of the molecule is O=S1CCC(NS(=O)(=O)CBr)CC1. The van der Waals surface area contributed by atoms with Gasteiger partial charge in [-0.1, -0.05) is 15.9 Å². The lowest BCUT2D eigenvalue weighted by atomic mass is 10.2. The van der Waals surface area contributed by atoms with Gasteiger partial charge in [0, 0.05) is 28.3 Å². The molecule has 1 fully saturated rings. The number of hydrogen-bond acceptors (Lipinski definition) is 3. The maximum atomic E-state index is 11.1. The van der Waals surface area contributed by atoms with Crippen molar-refractivity contribution in [1.82, 2.24) is 4.72 Å². The van der Waals surface area contributed by atoms with Crippen LogP contribution in [0.3, 0.4) is 0 Å². The lowest BCUT2D eigenvalue weighted by Gasteiger charge is -2.21. The van der Waals surface area contributed by atoms with E-state index >= 15 is 0 Å². The average Bonchev–Trinajstić information content (AvgIpc) is 2.09. The van der Waals surface area contributed by atoms with Crippen LogP contribution in [0.25, 0.3) is 0 Å². The van der Waals surface area contributed by atoms with Gasteiger partial charge in [-0.3, -0.25) is 4.21 Å². The first kappa shape index (κ1) is 11.6. The molecule has 0 radical (unpaired) electrons. The number of rotatable bonds is 3. The van der Waals surface area contributed by atoms with Gasteiger partial charge < -0.3 is 0 Å². The maximum Gasteiger partial charge on any atom is 0.221 e. The van der Waals surface area contributed by atoms with E-state index in [1.807, 2.05) is 0 Å². The molecule has 78 valence electrons. The normalized spacial score (nSPS) is 30.2. The number of halogens is 1. The first-order chi connectivity index (χ1) is 6.03. The molecule has 0 saturated carbocycles. The topological polar surface area (TPSA) is 63.2 Å². The van der Waals surface area contributed by atoms with Crippen LogP contribution in [0.1, 0.15) is 12.8 Å². The van der Waals surface area contributed by atoms with Crippen LogP contribution in [-0.4, -0.2) is 34.8 Å². The van der Waals surface area contributed by atoms with Crippen molar-refractivity contribution in [2.75, 3.05) is 16.2 Å². The fraction of sp³-hybridized carbons (Fsp3) is 1.00. The number of sulfonamides is 1. The van der Waals surface area contributed by atoms with Gasteiger partial charge in [-0.05, 0) is 12.8 Å². The number of alkyl halides is 1. The second-order valence-electron chi connectivity index (χ2n) is 2.96. The Morgan fingerprint density at radius 1 is 1.38 bits per heavy atom. The molecule has 13 heavy (non-hydrogen) atoms. The van der Waals surface area contributed by atoms with Crippen molar-refractivity contribution in [2.24, 2.45) is 0 Å². The van der Waals surface area contributed by atoms with Gasteiger partial charge in [0.1, 0.15) is 4.66 Å². The third-order valence-electron chi connectivity index (χ3n) is 1.88. The van der Waals surface area contributed by atoms with Crippen LogP contribution in [0.5, 0.6) is 0 Å². The van der Waals surface area contributed by atoms with Crippen molar-refractivity contribution in [3.05, 3.63) is 0 Å². The standard InChI is InChI=1S/C6H12BrNO3S2/c7-5-13(10,11)8-6-1-3-12(9)4-2-6/h6,8H,1-5H2. The Bertz CT molecular complexity index is 280. The third kappa shape index (κ3) is 4.05. The highest BCUT2D eigenvalue weighted by atomic mass is 79.9. The average molecular weight is 290 g/mol. The summed E-state index contributed by atoms with van der Waals surface area (Å²) in [4.78, 5) is 0. The van der Waals surface area contributed by atoms with E-state index in [2.05, 4.69) is 20.7 Å². The molecule has 0 bridgehead atoms. The zero-order chi connectivity index (χ0) is 9.90. The molecule has 1 aliphatic heterocycles. The quantitative estimate of drug-likeness (QED) is 0.754. The second-order valence-corrected chi connectivity index (χ2v) is 7.72. The highest BCUT2D eigenvalue weighted by Gasteiger charge is 2.21. The van der Waals surface area contributed by atoms with Crippen LogP contribution >= 0.6 is 15.9 Å². The lowest BCUT2D eigenvalue weighted by Crippen LogP contribution is -2.39. The van der Waals surface area contributed by atoms with E-state index in [1.165, 1.54) is 0 Å². The molecule has 1 rings (SSSR count). The van der Waals surface area contributed by atoms with E-state index in [1.54, 1.807) is 0 Å². The highest BCUT2D eigenvalue weighted by Crippen LogP contribution is 2.10. The van der Waals surface area contributed by atoms with E-state index in [-0.39, 0.29) is 10.7 Å². The summed E-state index contributed by atoms with van der Waals surface area (Å²) in [5.74, 6) is 1.21. The van der Waals surface area contributed by atoms with Gasteiger partial charge in [0.25, 0.3) is 0 Å². The first-order valence-electron chi connectivity index (χ1n) is 3.94. The molecule has 0 atom stereocenters. The molecule has 1 aliphatic rings. The Morgan fingerprint density at radius 2 is 1.92 bits per heavy atom. The van der Waals surface area contributed by atoms with Gasteiger partial charge in [0.15, 0.2) is 0 Å². The van der Waals surface area contributed by atoms with Gasteiger partial charge >= 0.3 is 0 Å². The van der Waals surface area contributed by atoms with Crippen molar-refractivity contribution in [1.29, 1.82) is 0 Å². The fourth-order valence-electron chi connectivity index (χ4n) is 1.20. The fourth-order valence-corrected chi connectivity index (χ4v) is 3.70. The molecule has 0 aromatic heterocycles. The van der Waals surface area contributed by atoms with Gasteiger partial charge in [-0.15, -0.1) is 0 Å². The van der Waals surface area contributed by atoms with E-state index in [4.69, 9.17) is 0 Å². The van der Waals surface area contributed by atoms with E-state index in [0.29, 0.717) is 24.3 Å². The summed E-state index contributed by atoms with van der Waals surface area (Å²) in [5, 5.41) is 0. The molecule has 7 heteroatoms. The van der Waals surface area contributed by atoms with Gasteiger partial charge in [-0.2, -0.15) is 0 Å². The Kier molecular flexibility index (Phi) is 4.34. The molecular weight excluding hydrogens is 278 g/mol. The van der Waals surface area contributed by atoms with Crippen molar-refractivity contribution in [3.63, 3.8) is 0 Å². The van der Waals surface area contributed by atoms with Crippen molar-refractivity contribution in [2.45, 2.75) is 18.9 Å². The summed E-state index contributed by atoms with van der Waals surface area (Å²) in [7, 11) is -3.91. The Morgan fingerprint density at radius 3 is 2.38 bits per heavy atom. The second kappa shape index (κ2) is 4.86. The molecule has 0 aliphatic carbocycles. The third-order valence-corrected chi connectivity index (χ3v) is 6.05. The smallest absolute Gasteiger partial charge is 0.221 e. The van der Waals surface area contributed by atoms with Crippen LogP contribution in [0.4, 0.5) is 0 Å². The summed E-state index contributed by atoms with van der Waals surface area (Å²) in [6.45, 7) is 0. The van der Waals surface area contributed by atoms with Crippen molar-refractivity contribution >= 4 is 36.8 Å². The van der Waals surface area contributed by atoms with Crippen LogP contribution in [0, 0.1) is 0 Å². The zero-order valence-electron chi connectivity index (χ0n) is 7.03. The van der Waals surface area contributed by atoms with Crippen LogP contribution in [0.2, 0.25) is 0 Å². The number of hydrogen-bond donors (Lipinski definition) is 1. The summed E-state index contributed by atoms with van der Waals surface area (Å²) in [6, 6.07) is -0.0275. The van der Waals surface area contributed by atoms with Gasteiger partial charge in [0.05, 0.1) is 0 Å². The zero-order valence-corrected chi connectivity index (χ0v) is 10.3. The maximum absolute atomic E-state index is 11.1. The van der Waals surface area contributed by atoms with E-state index < -0.39 is 20.8 Å². The molecule has 1 saturated heterocycles. The molecule has 0 unspecified atom stereocenters. The summed E-state index contributed by atoms with van der Waals surface area (Å²) in [6.07, 6.45) is 1.36. The van der Waals surface area contributed by atoms with E-state index in [9.17, 15) is 12.6 Å². The summed E-state index contributed by atoms with van der Waals surface area (Å²) in [5.41, 5.74) is 0. The van der Waals surface area contributed by atoms with Crippen LogP contribution in [-0.2, 0) is 20.8 Å². The molecule has 0 amide bonds. The molecule has 0 spiro atoms. The Labute approximate surface area is 89.1 Å². The molecule has 0 aromatic rings. The number of nitrogens with one attached hydrogen (secondary N) is 1. The predicted octanol–water partition coefficient (Wildman–Crippen LogP) is 0.169. The Balaban J connectivity index is 2.43. The van der Waals surface area contributed by atoms with Crippen molar-refractivity contribution in [3.8, 4) is 0 Å². The lowest BCUT2D eigenvalue weighted by molar-refractivity contribution is 0.525. The first-order valence-corrected chi connectivity index (χ1v) is 8.20. The highest BCUT2D eigenvalue weighted by molar-refractivity contribution is 9.10. The molecule has 1 heterocycles. The van der Waals surface area contributed by atoms with Gasteiger partial charge in [0.2, 0.25) is 10.0 Å². The molecular formula is C6H12BrNO3S2. The monoisotopic (exact) mass is 289 g/mol. The largest absolute Gasteiger partial charge is 0.260 e. The molecule has 4 nitrogen and oxygen atoms in total. The van der Waals surface area contributed by atoms with Crippen LogP contribution in [0.15, 0.2) is 0 Å². The van der Waals surface area contributed by atoms with Crippen molar-refractivity contribution < 1.29 is 12.6 Å². The minimum absolute atomic E-state index is 0.0275. The van der Waals surface area contributed by atoms with E-state index in [0.717, 1.165) is 0 Å². The molecule has 1 N–H and O–H groups in total. The summed E-state index contributed by atoms with van der Waals surface area (Å²) < 4.78 is 35.7. The van der Waals surface area contributed by atoms with Crippen LogP contribution < -0.4 is 4.72 Å². The minimum atomic E-state index is -3.17. The molecule has 0 aromatic carbocycles. The Hall–Kier alpha value is 0.540. The summed E-state index contributed by atoms with van der Waals surface area (Å²) >= 11 is 2.90. The predicted molar refractivity (Wildman–Crippen MR) is 56.7 cm³/mol. The minimum Gasteiger partial charge on any atom is -0.260 e.